The zero-order chi connectivity index (χ0) is 15.4. The third kappa shape index (κ3) is 3.74. The van der Waals surface area contributed by atoms with E-state index in [9.17, 15) is 4.79 Å². The zero-order valence-electron chi connectivity index (χ0n) is 13.5. The number of hydrogen-bond donors (Lipinski definition) is 2. The molecule has 2 heterocycles. The maximum atomic E-state index is 12.5. The molecular formula is C17H30N2O3. The molecule has 0 aromatic rings. The highest BCUT2D eigenvalue weighted by atomic mass is 16.5. The van der Waals surface area contributed by atoms with Gasteiger partial charge in [-0.25, -0.2) is 4.79 Å². The number of amides is 2. The van der Waals surface area contributed by atoms with Crippen LogP contribution < -0.4 is 5.32 Å². The summed E-state index contributed by atoms with van der Waals surface area (Å²) >= 11 is 0. The second kappa shape index (κ2) is 7.64. The number of aliphatic hydroxyl groups excluding tert-OH is 1. The highest BCUT2D eigenvalue weighted by molar-refractivity contribution is 5.74. The van der Waals surface area contributed by atoms with E-state index in [1.54, 1.807) is 0 Å². The summed E-state index contributed by atoms with van der Waals surface area (Å²) in [5, 5.41) is 12.3. The molecular weight excluding hydrogens is 280 g/mol. The summed E-state index contributed by atoms with van der Waals surface area (Å²) in [5.41, 5.74) is 0. The lowest BCUT2D eigenvalue weighted by Crippen LogP contribution is -2.49. The van der Waals surface area contributed by atoms with Gasteiger partial charge >= 0.3 is 6.03 Å². The van der Waals surface area contributed by atoms with Gasteiger partial charge in [0, 0.05) is 32.3 Å². The van der Waals surface area contributed by atoms with Crippen molar-refractivity contribution in [3.8, 4) is 0 Å². The molecule has 3 fully saturated rings. The fourth-order valence-electron chi connectivity index (χ4n) is 4.44. The van der Waals surface area contributed by atoms with Gasteiger partial charge in [0.2, 0.25) is 0 Å². The Morgan fingerprint density at radius 1 is 1.14 bits per heavy atom. The number of rotatable bonds is 4. The summed E-state index contributed by atoms with van der Waals surface area (Å²) in [6.45, 7) is 2.85. The molecule has 126 valence electrons. The van der Waals surface area contributed by atoms with Crippen LogP contribution in [0.15, 0.2) is 0 Å². The first-order chi connectivity index (χ1) is 10.8. The molecule has 0 unspecified atom stereocenters. The van der Waals surface area contributed by atoms with Crippen LogP contribution in [-0.2, 0) is 4.74 Å². The van der Waals surface area contributed by atoms with Crippen LogP contribution in [0.25, 0.3) is 0 Å². The number of nitrogens with zero attached hydrogens (tertiary/aromatic N) is 1. The van der Waals surface area contributed by atoms with Crippen molar-refractivity contribution in [2.24, 2.45) is 11.8 Å². The number of nitrogens with one attached hydrogen (secondary N) is 1. The largest absolute Gasteiger partial charge is 0.396 e. The molecule has 0 bridgehead atoms. The number of carbonyl (C=O) groups is 1. The first kappa shape index (κ1) is 16.1. The molecule has 5 nitrogen and oxygen atoms in total. The lowest BCUT2D eigenvalue weighted by molar-refractivity contribution is 0.0369. The molecule has 3 aliphatic rings. The van der Waals surface area contributed by atoms with Crippen molar-refractivity contribution < 1.29 is 14.6 Å². The average Bonchev–Trinajstić information content (AvgIpc) is 3.20. The predicted molar refractivity (Wildman–Crippen MR) is 84.6 cm³/mol. The molecule has 0 spiro atoms. The summed E-state index contributed by atoms with van der Waals surface area (Å²) in [4.78, 5) is 14.4. The molecule has 1 aliphatic carbocycles. The van der Waals surface area contributed by atoms with Gasteiger partial charge in [0.15, 0.2) is 0 Å². The highest BCUT2D eigenvalue weighted by Crippen LogP contribution is 2.30. The van der Waals surface area contributed by atoms with Gasteiger partial charge in [-0.2, -0.15) is 0 Å². The molecule has 0 aromatic heterocycles. The van der Waals surface area contributed by atoms with Crippen molar-refractivity contribution in [3.63, 3.8) is 0 Å². The standard InChI is InChI=1S/C17H30N2O3/c20-11-8-13-3-1-4-15(13)18-17(21)19-9-6-14(7-10-19)16-5-2-12-22-16/h13-16,20H,1-12H2,(H,18,21)/t13-,15-,16+/m1/s1. The van der Waals surface area contributed by atoms with Gasteiger partial charge in [-0.15, -0.1) is 0 Å². The van der Waals surface area contributed by atoms with E-state index in [0.717, 1.165) is 58.2 Å². The van der Waals surface area contributed by atoms with Crippen LogP contribution in [0.2, 0.25) is 0 Å². The van der Waals surface area contributed by atoms with Crippen LogP contribution in [0.5, 0.6) is 0 Å². The molecule has 2 N–H and O–H groups in total. The normalized spacial score (nSPS) is 33.3. The van der Waals surface area contributed by atoms with E-state index in [1.807, 2.05) is 4.90 Å². The van der Waals surface area contributed by atoms with Gasteiger partial charge in [-0.1, -0.05) is 6.42 Å². The van der Waals surface area contributed by atoms with Crippen molar-refractivity contribution in [3.05, 3.63) is 0 Å². The van der Waals surface area contributed by atoms with E-state index in [0.29, 0.717) is 17.9 Å². The fraction of sp³-hybridized carbons (Fsp3) is 0.941. The van der Waals surface area contributed by atoms with Crippen molar-refractivity contribution in [1.29, 1.82) is 0 Å². The van der Waals surface area contributed by atoms with Crippen molar-refractivity contribution >= 4 is 6.03 Å². The summed E-state index contributed by atoms with van der Waals surface area (Å²) in [5.74, 6) is 1.10. The van der Waals surface area contributed by atoms with Gasteiger partial charge in [-0.3, -0.25) is 0 Å². The van der Waals surface area contributed by atoms with E-state index in [-0.39, 0.29) is 18.7 Å². The van der Waals surface area contributed by atoms with Gasteiger partial charge in [0.05, 0.1) is 6.10 Å². The smallest absolute Gasteiger partial charge is 0.317 e. The van der Waals surface area contributed by atoms with Crippen LogP contribution in [0, 0.1) is 11.8 Å². The summed E-state index contributed by atoms with van der Waals surface area (Å²) in [6, 6.07) is 0.358. The Labute approximate surface area is 133 Å². The number of likely N-dealkylation sites (tertiary alicyclic amines) is 1. The van der Waals surface area contributed by atoms with Crippen molar-refractivity contribution in [2.75, 3.05) is 26.3 Å². The number of piperidine rings is 1. The Bertz CT molecular complexity index is 363. The Morgan fingerprint density at radius 2 is 1.95 bits per heavy atom. The van der Waals surface area contributed by atoms with Crippen LogP contribution >= 0.6 is 0 Å². The molecule has 2 saturated heterocycles. The van der Waals surface area contributed by atoms with Gasteiger partial charge < -0.3 is 20.1 Å². The van der Waals surface area contributed by atoms with Gasteiger partial charge in [-0.05, 0) is 56.8 Å². The number of hydrogen-bond acceptors (Lipinski definition) is 3. The van der Waals surface area contributed by atoms with E-state index in [2.05, 4.69) is 5.32 Å². The minimum Gasteiger partial charge on any atom is -0.396 e. The van der Waals surface area contributed by atoms with Crippen molar-refractivity contribution in [2.45, 2.75) is 63.5 Å². The number of ether oxygens (including phenoxy) is 1. The van der Waals surface area contributed by atoms with Gasteiger partial charge in [0.25, 0.3) is 0 Å². The lowest BCUT2D eigenvalue weighted by Gasteiger charge is -2.35. The maximum Gasteiger partial charge on any atom is 0.317 e. The quantitative estimate of drug-likeness (QED) is 0.836. The van der Waals surface area contributed by atoms with E-state index in [1.165, 1.54) is 12.8 Å². The summed E-state index contributed by atoms with van der Waals surface area (Å²) < 4.78 is 5.79. The second-order valence-corrected chi connectivity index (χ2v) is 7.14. The summed E-state index contributed by atoms with van der Waals surface area (Å²) in [6.07, 6.45) is 9.14. The van der Waals surface area contributed by atoms with E-state index < -0.39 is 0 Å². The van der Waals surface area contributed by atoms with Crippen LogP contribution in [-0.4, -0.2) is 54.5 Å². The molecule has 22 heavy (non-hydrogen) atoms. The molecule has 3 atom stereocenters. The first-order valence-electron chi connectivity index (χ1n) is 9.06. The number of urea groups is 1. The Hall–Kier alpha value is -0.810. The molecule has 2 aliphatic heterocycles. The SMILES string of the molecule is O=C(N[C@@H]1CCC[C@@H]1CCO)N1CCC([C@@H]2CCCO2)CC1. The van der Waals surface area contributed by atoms with Crippen LogP contribution in [0.4, 0.5) is 4.79 Å². The van der Waals surface area contributed by atoms with Crippen LogP contribution in [0.1, 0.15) is 51.4 Å². The monoisotopic (exact) mass is 310 g/mol. The molecule has 1 saturated carbocycles. The third-order valence-corrected chi connectivity index (χ3v) is 5.79. The molecule has 5 heteroatoms. The minimum atomic E-state index is 0.0978. The van der Waals surface area contributed by atoms with E-state index >= 15 is 0 Å². The topological polar surface area (TPSA) is 61.8 Å². The average molecular weight is 310 g/mol. The first-order valence-corrected chi connectivity index (χ1v) is 9.06. The van der Waals surface area contributed by atoms with Gasteiger partial charge in [0.1, 0.15) is 0 Å². The Balaban J connectivity index is 1.43. The third-order valence-electron chi connectivity index (χ3n) is 5.79. The number of aliphatic hydroxyl groups is 1. The van der Waals surface area contributed by atoms with E-state index in [4.69, 9.17) is 9.84 Å². The molecule has 0 radical (unpaired) electrons. The molecule has 3 rings (SSSR count). The second-order valence-electron chi connectivity index (χ2n) is 7.14. The zero-order valence-corrected chi connectivity index (χ0v) is 13.5. The fourth-order valence-corrected chi connectivity index (χ4v) is 4.44. The highest BCUT2D eigenvalue weighted by Gasteiger charge is 2.33. The summed E-state index contributed by atoms with van der Waals surface area (Å²) in [7, 11) is 0. The maximum absolute atomic E-state index is 12.5. The minimum absolute atomic E-state index is 0.0978. The Kier molecular flexibility index (Phi) is 5.58. The van der Waals surface area contributed by atoms with Crippen molar-refractivity contribution in [1.82, 2.24) is 10.2 Å². The Morgan fingerprint density at radius 3 is 2.64 bits per heavy atom. The lowest BCUT2D eigenvalue weighted by atomic mass is 9.90. The number of carbonyl (C=O) groups excluding carboxylic acids is 1. The predicted octanol–water partition coefficient (Wildman–Crippen LogP) is 2.14. The molecule has 0 aromatic carbocycles. The van der Waals surface area contributed by atoms with Crippen LogP contribution in [0.3, 0.4) is 0 Å². The molecule has 2 amide bonds.